The van der Waals surface area contributed by atoms with Gasteiger partial charge in [0.25, 0.3) is 0 Å². The fraction of sp³-hybridized carbons (Fsp3) is 0.909. The molecule has 0 saturated heterocycles. The summed E-state index contributed by atoms with van der Waals surface area (Å²) in [5.74, 6) is -1.07. The number of carbonyl (C=O) groups is 1. The fourth-order valence-electron chi connectivity index (χ4n) is 1.27. The predicted molar refractivity (Wildman–Crippen MR) is 61.6 cm³/mol. The van der Waals surface area contributed by atoms with Crippen LogP contribution in [-0.2, 0) is 9.53 Å². The smallest absolute Gasteiger partial charge is 0.337 e. The maximum atomic E-state index is 11.3. The molecule has 0 radical (unpaired) electrons. The number of hydrogen-bond donors (Lipinski definition) is 5. The van der Waals surface area contributed by atoms with Crippen molar-refractivity contribution in [1.82, 2.24) is 0 Å². The Hall–Kier alpha value is -0.730. The van der Waals surface area contributed by atoms with Crippen LogP contribution in [0.1, 0.15) is 26.2 Å². The summed E-state index contributed by atoms with van der Waals surface area (Å²) >= 11 is 0. The lowest BCUT2D eigenvalue weighted by atomic mass is 10.0. The van der Waals surface area contributed by atoms with Gasteiger partial charge in [-0.25, -0.2) is 4.79 Å². The van der Waals surface area contributed by atoms with E-state index >= 15 is 0 Å². The first-order chi connectivity index (χ1) is 8.45. The number of aliphatic hydroxyl groups is 5. The van der Waals surface area contributed by atoms with Crippen molar-refractivity contribution in [3.8, 4) is 0 Å². The summed E-state index contributed by atoms with van der Waals surface area (Å²) in [6.07, 6.45) is -4.86. The molecular formula is C11H22O7. The second-order valence-corrected chi connectivity index (χ2v) is 4.05. The first-order valence-electron chi connectivity index (χ1n) is 5.95. The van der Waals surface area contributed by atoms with Crippen LogP contribution in [-0.4, -0.2) is 69.1 Å². The molecule has 0 aliphatic heterocycles. The molecule has 0 aliphatic carbocycles. The van der Waals surface area contributed by atoms with E-state index in [9.17, 15) is 20.1 Å². The quantitative estimate of drug-likeness (QED) is 0.245. The van der Waals surface area contributed by atoms with Crippen LogP contribution in [0.25, 0.3) is 0 Å². The highest BCUT2D eigenvalue weighted by Gasteiger charge is 2.34. The highest BCUT2D eigenvalue weighted by atomic mass is 16.5. The Kier molecular flexibility index (Phi) is 8.86. The highest BCUT2D eigenvalue weighted by Crippen LogP contribution is 2.07. The molecule has 0 aromatic rings. The fourth-order valence-corrected chi connectivity index (χ4v) is 1.27. The summed E-state index contributed by atoms with van der Waals surface area (Å²) in [5, 5.41) is 45.7. The van der Waals surface area contributed by atoms with Gasteiger partial charge in [-0.3, -0.25) is 0 Å². The molecule has 0 saturated carbocycles. The van der Waals surface area contributed by atoms with Crippen LogP contribution in [0.3, 0.4) is 0 Å². The Morgan fingerprint density at radius 3 is 2.22 bits per heavy atom. The van der Waals surface area contributed by atoms with Crippen LogP contribution in [0.5, 0.6) is 0 Å². The summed E-state index contributed by atoms with van der Waals surface area (Å²) in [4.78, 5) is 11.3. The maximum absolute atomic E-state index is 11.3. The number of rotatable bonds is 9. The van der Waals surface area contributed by atoms with Gasteiger partial charge in [0.2, 0.25) is 0 Å². The molecule has 7 heteroatoms. The van der Waals surface area contributed by atoms with E-state index in [4.69, 9.17) is 10.2 Å². The third-order valence-corrected chi connectivity index (χ3v) is 2.49. The molecule has 0 bridgehead atoms. The van der Waals surface area contributed by atoms with Crippen LogP contribution >= 0.6 is 0 Å². The van der Waals surface area contributed by atoms with Gasteiger partial charge < -0.3 is 30.3 Å². The first kappa shape index (κ1) is 17.3. The van der Waals surface area contributed by atoms with Crippen molar-refractivity contribution in [2.24, 2.45) is 0 Å². The number of carbonyl (C=O) groups excluding carboxylic acids is 1. The lowest BCUT2D eigenvalue weighted by Crippen LogP contribution is -2.49. The average molecular weight is 266 g/mol. The minimum absolute atomic E-state index is 0.120. The molecule has 4 atom stereocenters. The molecule has 0 rings (SSSR count). The number of unbranched alkanes of at least 4 members (excludes halogenated alkanes) is 2. The van der Waals surface area contributed by atoms with E-state index in [1.54, 1.807) is 0 Å². The Labute approximate surface area is 106 Å². The molecule has 0 fully saturated rings. The molecule has 0 amide bonds. The third kappa shape index (κ3) is 5.74. The zero-order valence-corrected chi connectivity index (χ0v) is 10.4. The second-order valence-electron chi connectivity index (χ2n) is 4.05. The van der Waals surface area contributed by atoms with E-state index in [0.29, 0.717) is 6.42 Å². The molecule has 0 heterocycles. The summed E-state index contributed by atoms with van der Waals surface area (Å²) < 4.78 is 4.69. The van der Waals surface area contributed by atoms with Crippen LogP contribution in [0.2, 0.25) is 0 Å². The zero-order chi connectivity index (χ0) is 14.1. The lowest BCUT2D eigenvalue weighted by molar-refractivity contribution is -0.170. The van der Waals surface area contributed by atoms with E-state index in [1.807, 2.05) is 6.92 Å². The normalized spacial score (nSPS) is 17.9. The molecule has 7 nitrogen and oxygen atoms in total. The Balaban J connectivity index is 4.11. The topological polar surface area (TPSA) is 127 Å². The molecular weight excluding hydrogens is 244 g/mol. The standard InChI is InChI=1S/C11H22O7/c1-2-3-4-5-18-11(17)10(16)9(15)8(14)7(13)6-12/h7-10,12-16H,2-6H2,1H3. The molecule has 0 aliphatic rings. The molecule has 4 unspecified atom stereocenters. The van der Waals surface area contributed by atoms with Crippen LogP contribution in [0.15, 0.2) is 0 Å². The van der Waals surface area contributed by atoms with Crippen molar-refractivity contribution in [3.05, 3.63) is 0 Å². The molecule has 0 spiro atoms. The Morgan fingerprint density at radius 1 is 1.11 bits per heavy atom. The third-order valence-electron chi connectivity index (χ3n) is 2.49. The average Bonchev–Trinajstić information content (AvgIpc) is 2.39. The van der Waals surface area contributed by atoms with Gasteiger partial charge in [-0.15, -0.1) is 0 Å². The molecule has 108 valence electrons. The SMILES string of the molecule is CCCCCOC(=O)C(O)C(O)C(O)C(O)CO. The first-order valence-corrected chi connectivity index (χ1v) is 5.95. The summed E-state index contributed by atoms with van der Waals surface area (Å²) in [5.41, 5.74) is 0. The summed E-state index contributed by atoms with van der Waals surface area (Å²) in [7, 11) is 0. The van der Waals surface area contributed by atoms with Gasteiger partial charge in [-0.05, 0) is 6.42 Å². The molecule has 18 heavy (non-hydrogen) atoms. The number of hydrogen-bond acceptors (Lipinski definition) is 7. The van der Waals surface area contributed by atoms with Crippen molar-refractivity contribution in [2.75, 3.05) is 13.2 Å². The van der Waals surface area contributed by atoms with E-state index in [1.165, 1.54) is 0 Å². The Morgan fingerprint density at radius 2 is 1.72 bits per heavy atom. The van der Waals surface area contributed by atoms with Crippen molar-refractivity contribution >= 4 is 5.97 Å². The minimum Gasteiger partial charge on any atom is -0.464 e. The second kappa shape index (κ2) is 9.23. The summed E-state index contributed by atoms with van der Waals surface area (Å²) in [6.45, 7) is 1.30. The summed E-state index contributed by atoms with van der Waals surface area (Å²) in [6, 6.07) is 0. The van der Waals surface area contributed by atoms with E-state index < -0.39 is 37.0 Å². The maximum Gasteiger partial charge on any atom is 0.337 e. The lowest BCUT2D eigenvalue weighted by Gasteiger charge is -2.24. The van der Waals surface area contributed by atoms with Crippen molar-refractivity contribution < 1.29 is 35.1 Å². The molecule has 0 aromatic carbocycles. The van der Waals surface area contributed by atoms with Gasteiger partial charge in [-0.2, -0.15) is 0 Å². The van der Waals surface area contributed by atoms with Crippen molar-refractivity contribution in [1.29, 1.82) is 0 Å². The molecule has 5 N–H and O–H groups in total. The number of aliphatic hydroxyl groups excluding tert-OH is 5. The van der Waals surface area contributed by atoms with Gasteiger partial charge in [0.15, 0.2) is 6.10 Å². The predicted octanol–water partition coefficient (Wildman–Crippen LogP) is -1.84. The number of ether oxygens (including phenoxy) is 1. The van der Waals surface area contributed by atoms with Gasteiger partial charge in [0.05, 0.1) is 13.2 Å². The van der Waals surface area contributed by atoms with Crippen LogP contribution < -0.4 is 0 Å². The van der Waals surface area contributed by atoms with Crippen molar-refractivity contribution in [3.63, 3.8) is 0 Å². The van der Waals surface area contributed by atoms with Gasteiger partial charge >= 0.3 is 5.97 Å². The van der Waals surface area contributed by atoms with Gasteiger partial charge in [0, 0.05) is 0 Å². The highest BCUT2D eigenvalue weighted by molar-refractivity contribution is 5.75. The van der Waals surface area contributed by atoms with E-state index in [-0.39, 0.29) is 6.61 Å². The van der Waals surface area contributed by atoms with Crippen LogP contribution in [0, 0.1) is 0 Å². The van der Waals surface area contributed by atoms with Gasteiger partial charge in [0.1, 0.15) is 18.3 Å². The monoisotopic (exact) mass is 266 g/mol. The number of esters is 1. The Bertz CT molecular complexity index is 233. The zero-order valence-electron chi connectivity index (χ0n) is 10.4. The van der Waals surface area contributed by atoms with Crippen molar-refractivity contribution in [2.45, 2.75) is 50.6 Å². The molecule has 0 aromatic heterocycles. The van der Waals surface area contributed by atoms with Gasteiger partial charge in [-0.1, -0.05) is 19.8 Å². The minimum atomic E-state index is -1.96. The largest absolute Gasteiger partial charge is 0.464 e. The van der Waals surface area contributed by atoms with E-state index in [2.05, 4.69) is 4.74 Å². The van der Waals surface area contributed by atoms with Crippen LogP contribution in [0.4, 0.5) is 0 Å². The van der Waals surface area contributed by atoms with E-state index in [0.717, 1.165) is 12.8 Å².